The minimum Gasteiger partial charge on any atom is -0.356 e. The van der Waals surface area contributed by atoms with Crippen LogP contribution in [0.1, 0.15) is 43.7 Å². The number of nitrogens with zero attached hydrogens (tertiary/aromatic N) is 2. The first-order valence-electron chi connectivity index (χ1n) is 7.05. The molecular formula is C15H25N3. The second kappa shape index (κ2) is 5.70. The largest absolute Gasteiger partial charge is 0.356 e. The van der Waals surface area contributed by atoms with Gasteiger partial charge in [-0.1, -0.05) is 13.0 Å². The topological polar surface area (TPSA) is 42.1 Å². The maximum atomic E-state index is 5.99. The fourth-order valence-electron chi connectivity index (χ4n) is 2.50. The van der Waals surface area contributed by atoms with Crippen LogP contribution in [0.25, 0.3) is 0 Å². The van der Waals surface area contributed by atoms with Gasteiger partial charge in [-0.15, -0.1) is 0 Å². The van der Waals surface area contributed by atoms with Crippen LogP contribution in [-0.4, -0.2) is 24.1 Å². The average molecular weight is 247 g/mol. The second-order valence-electron chi connectivity index (χ2n) is 5.55. The van der Waals surface area contributed by atoms with E-state index in [2.05, 4.69) is 36.8 Å². The molecule has 0 radical (unpaired) electrons. The number of aromatic nitrogens is 1. The number of hydrogen-bond donors (Lipinski definition) is 1. The maximum absolute atomic E-state index is 5.99. The lowest BCUT2D eigenvalue weighted by Crippen LogP contribution is -2.38. The summed E-state index contributed by atoms with van der Waals surface area (Å²) in [5, 5.41) is 0. The van der Waals surface area contributed by atoms with Gasteiger partial charge in [-0.2, -0.15) is 0 Å². The molecule has 1 atom stereocenters. The van der Waals surface area contributed by atoms with E-state index in [1.807, 2.05) is 6.20 Å². The number of nitrogens with two attached hydrogens (primary N) is 1. The van der Waals surface area contributed by atoms with Crippen molar-refractivity contribution < 1.29 is 0 Å². The van der Waals surface area contributed by atoms with E-state index in [1.165, 1.54) is 30.4 Å². The van der Waals surface area contributed by atoms with Crippen LogP contribution in [0, 0.1) is 6.92 Å². The van der Waals surface area contributed by atoms with Crippen molar-refractivity contribution >= 4 is 5.82 Å². The van der Waals surface area contributed by atoms with Gasteiger partial charge in [0.05, 0.1) is 0 Å². The van der Waals surface area contributed by atoms with Crippen molar-refractivity contribution in [3.05, 3.63) is 23.4 Å². The number of pyridine rings is 1. The molecule has 1 aliphatic carbocycles. The lowest BCUT2D eigenvalue weighted by molar-refractivity contribution is 0.399. The zero-order chi connectivity index (χ0) is 13.1. The Bertz CT molecular complexity index is 399. The van der Waals surface area contributed by atoms with Crippen LogP contribution >= 0.6 is 0 Å². The molecule has 0 spiro atoms. The Morgan fingerprint density at radius 3 is 2.72 bits per heavy atom. The molecule has 1 fully saturated rings. The highest BCUT2D eigenvalue weighted by atomic mass is 15.2. The lowest BCUT2D eigenvalue weighted by Gasteiger charge is -2.36. The van der Waals surface area contributed by atoms with E-state index in [9.17, 15) is 0 Å². The molecule has 3 heteroatoms. The standard InChI is InChI=1S/C15H25N3/c1-4-13(16)9-12-8-11(2)15(17-10-12)18(3)14-6-5-7-14/h8,10,13-14H,4-7,9,16H2,1-3H3. The van der Waals surface area contributed by atoms with Gasteiger partial charge in [-0.3, -0.25) is 0 Å². The molecular weight excluding hydrogens is 222 g/mol. The minimum absolute atomic E-state index is 0.251. The number of rotatable bonds is 5. The van der Waals surface area contributed by atoms with Gasteiger partial charge in [0.1, 0.15) is 5.82 Å². The van der Waals surface area contributed by atoms with Gasteiger partial charge in [-0.05, 0) is 50.2 Å². The van der Waals surface area contributed by atoms with Gasteiger partial charge in [0, 0.05) is 25.3 Å². The first kappa shape index (κ1) is 13.3. The zero-order valence-corrected chi connectivity index (χ0v) is 11.8. The van der Waals surface area contributed by atoms with Gasteiger partial charge in [0.15, 0.2) is 0 Å². The van der Waals surface area contributed by atoms with Crippen LogP contribution in [0.2, 0.25) is 0 Å². The third-order valence-electron chi connectivity index (χ3n) is 4.09. The van der Waals surface area contributed by atoms with E-state index in [0.29, 0.717) is 6.04 Å². The van der Waals surface area contributed by atoms with Crippen molar-refractivity contribution in [2.24, 2.45) is 5.73 Å². The number of anilines is 1. The lowest BCUT2D eigenvalue weighted by atomic mass is 9.91. The quantitative estimate of drug-likeness (QED) is 0.870. The third kappa shape index (κ3) is 2.83. The molecule has 1 aromatic rings. The molecule has 1 aromatic heterocycles. The Kier molecular flexibility index (Phi) is 4.23. The molecule has 1 saturated carbocycles. The van der Waals surface area contributed by atoms with Crippen LogP contribution in [0.5, 0.6) is 0 Å². The Labute approximate surface area is 110 Å². The van der Waals surface area contributed by atoms with E-state index in [1.54, 1.807) is 0 Å². The Balaban J connectivity index is 2.09. The monoisotopic (exact) mass is 247 g/mol. The summed E-state index contributed by atoms with van der Waals surface area (Å²) < 4.78 is 0. The Morgan fingerprint density at radius 2 is 2.22 bits per heavy atom. The molecule has 1 unspecified atom stereocenters. The van der Waals surface area contributed by atoms with Crippen molar-refractivity contribution in [3.63, 3.8) is 0 Å². The SMILES string of the molecule is CCC(N)Cc1cnc(N(C)C2CCC2)c(C)c1. The molecule has 18 heavy (non-hydrogen) atoms. The summed E-state index contributed by atoms with van der Waals surface area (Å²) >= 11 is 0. The number of hydrogen-bond acceptors (Lipinski definition) is 3. The molecule has 1 aliphatic rings. The maximum Gasteiger partial charge on any atom is 0.131 e. The predicted molar refractivity (Wildman–Crippen MR) is 77.0 cm³/mol. The molecule has 0 amide bonds. The summed E-state index contributed by atoms with van der Waals surface area (Å²) in [6.07, 6.45) is 7.91. The van der Waals surface area contributed by atoms with Crippen LogP contribution in [-0.2, 0) is 6.42 Å². The van der Waals surface area contributed by atoms with E-state index in [-0.39, 0.29) is 6.04 Å². The number of aryl methyl sites for hydroxylation is 1. The molecule has 0 aromatic carbocycles. The Hall–Kier alpha value is -1.09. The summed E-state index contributed by atoms with van der Waals surface area (Å²) in [6.45, 7) is 4.28. The molecule has 0 aliphatic heterocycles. The smallest absolute Gasteiger partial charge is 0.131 e. The van der Waals surface area contributed by atoms with Crippen LogP contribution in [0.3, 0.4) is 0 Å². The van der Waals surface area contributed by atoms with Crippen LogP contribution in [0.15, 0.2) is 12.3 Å². The van der Waals surface area contributed by atoms with Crippen LogP contribution in [0.4, 0.5) is 5.82 Å². The van der Waals surface area contributed by atoms with Crippen molar-refractivity contribution in [2.75, 3.05) is 11.9 Å². The van der Waals surface area contributed by atoms with Gasteiger partial charge >= 0.3 is 0 Å². The van der Waals surface area contributed by atoms with E-state index in [0.717, 1.165) is 18.7 Å². The highest BCUT2D eigenvalue weighted by molar-refractivity contribution is 5.48. The predicted octanol–water partition coefficient (Wildman–Crippen LogP) is 2.66. The fourth-order valence-corrected chi connectivity index (χ4v) is 2.50. The first-order valence-corrected chi connectivity index (χ1v) is 7.05. The third-order valence-corrected chi connectivity index (χ3v) is 4.09. The Morgan fingerprint density at radius 1 is 1.50 bits per heavy atom. The molecule has 0 bridgehead atoms. The zero-order valence-electron chi connectivity index (χ0n) is 11.8. The van der Waals surface area contributed by atoms with Crippen LogP contribution < -0.4 is 10.6 Å². The van der Waals surface area contributed by atoms with Gasteiger partial charge in [0.2, 0.25) is 0 Å². The first-order chi connectivity index (χ1) is 8.61. The van der Waals surface area contributed by atoms with E-state index in [4.69, 9.17) is 5.73 Å². The normalized spacial score (nSPS) is 17.3. The van der Waals surface area contributed by atoms with Crippen molar-refractivity contribution in [1.82, 2.24) is 4.98 Å². The van der Waals surface area contributed by atoms with Gasteiger partial charge in [-0.25, -0.2) is 4.98 Å². The van der Waals surface area contributed by atoms with Gasteiger partial charge in [0.25, 0.3) is 0 Å². The molecule has 100 valence electrons. The summed E-state index contributed by atoms with van der Waals surface area (Å²) in [5.41, 5.74) is 8.52. The molecule has 1 heterocycles. The van der Waals surface area contributed by atoms with Crippen molar-refractivity contribution in [3.8, 4) is 0 Å². The summed E-state index contributed by atoms with van der Waals surface area (Å²) in [5.74, 6) is 1.13. The van der Waals surface area contributed by atoms with E-state index < -0.39 is 0 Å². The summed E-state index contributed by atoms with van der Waals surface area (Å²) in [6, 6.07) is 3.19. The van der Waals surface area contributed by atoms with E-state index >= 15 is 0 Å². The molecule has 2 N–H and O–H groups in total. The summed E-state index contributed by atoms with van der Waals surface area (Å²) in [4.78, 5) is 6.97. The second-order valence-corrected chi connectivity index (χ2v) is 5.55. The molecule has 3 nitrogen and oxygen atoms in total. The fraction of sp³-hybridized carbons (Fsp3) is 0.667. The highest BCUT2D eigenvalue weighted by Gasteiger charge is 2.23. The van der Waals surface area contributed by atoms with Crippen molar-refractivity contribution in [2.45, 2.75) is 58.0 Å². The average Bonchev–Trinajstić information content (AvgIpc) is 2.26. The summed E-state index contributed by atoms with van der Waals surface area (Å²) in [7, 11) is 2.16. The van der Waals surface area contributed by atoms with Gasteiger partial charge < -0.3 is 10.6 Å². The molecule has 0 saturated heterocycles. The highest BCUT2D eigenvalue weighted by Crippen LogP contribution is 2.29. The minimum atomic E-state index is 0.251. The van der Waals surface area contributed by atoms with Crippen molar-refractivity contribution in [1.29, 1.82) is 0 Å². The molecule has 2 rings (SSSR count).